The van der Waals surface area contributed by atoms with Gasteiger partial charge in [0.05, 0.1) is 0 Å². The Balaban J connectivity index is 1.72. The predicted molar refractivity (Wildman–Crippen MR) is 62.0 cm³/mol. The van der Waals surface area contributed by atoms with E-state index in [4.69, 9.17) is 4.52 Å². The Morgan fingerprint density at radius 3 is 3.06 bits per heavy atom. The third-order valence-electron chi connectivity index (χ3n) is 3.61. The predicted octanol–water partition coefficient (Wildman–Crippen LogP) is 2.03. The van der Waals surface area contributed by atoms with Crippen LogP contribution in [-0.4, -0.2) is 22.7 Å². The molecule has 1 aliphatic carbocycles. The molecule has 0 spiro atoms. The molecule has 1 aromatic heterocycles. The van der Waals surface area contributed by atoms with Crippen LogP contribution in [0.3, 0.4) is 0 Å². The van der Waals surface area contributed by atoms with Crippen molar-refractivity contribution in [3.8, 4) is 0 Å². The molecule has 1 aromatic rings. The molecule has 0 bridgehead atoms. The summed E-state index contributed by atoms with van der Waals surface area (Å²) in [6, 6.07) is 0.659. The van der Waals surface area contributed by atoms with Crippen LogP contribution in [0.4, 0.5) is 0 Å². The molecule has 1 saturated carbocycles. The van der Waals surface area contributed by atoms with Gasteiger partial charge in [-0.2, -0.15) is 4.98 Å². The highest BCUT2D eigenvalue weighted by Gasteiger charge is 2.24. The third kappa shape index (κ3) is 3.04. The van der Waals surface area contributed by atoms with Gasteiger partial charge >= 0.3 is 0 Å². The van der Waals surface area contributed by atoms with Gasteiger partial charge in [-0.25, -0.2) is 0 Å². The highest BCUT2D eigenvalue weighted by molar-refractivity contribution is 4.83. The molecule has 16 heavy (non-hydrogen) atoms. The van der Waals surface area contributed by atoms with Gasteiger partial charge in [0.15, 0.2) is 6.33 Å². The quantitative estimate of drug-likeness (QED) is 0.848. The minimum atomic E-state index is 0.659. The number of hydrogen-bond acceptors (Lipinski definition) is 4. The Bertz CT molecular complexity index is 299. The fraction of sp³-hybridized carbons (Fsp3) is 0.833. The summed E-state index contributed by atoms with van der Waals surface area (Å²) in [7, 11) is 0. The van der Waals surface area contributed by atoms with Crippen molar-refractivity contribution >= 4 is 0 Å². The smallest absolute Gasteiger partial charge is 0.227 e. The lowest BCUT2D eigenvalue weighted by atomic mass is 9.80. The molecule has 4 heteroatoms. The molecule has 1 fully saturated rings. The lowest BCUT2D eigenvalue weighted by molar-refractivity contribution is 0.228. The van der Waals surface area contributed by atoms with E-state index in [9.17, 15) is 0 Å². The van der Waals surface area contributed by atoms with Crippen LogP contribution >= 0.6 is 0 Å². The second kappa shape index (κ2) is 5.43. The second-order valence-electron chi connectivity index (χ2n) is 5.04. The van der Waals surface area contributed by atoms with Gasteiger partial charge in [0, 0.05) is 19.0 Å². The van der Waals surface area contributed by atoms with Gasteiger partial charge in [-0.3, -0.25) is 0 Å². The molecule has 1 aliphatic rings. The molecule has 0 saturated heterocycles. The summed E-state index contributed by atoms with van der Waals surface area (Å²) >= 11 is 0. The maximum absolute atomic E-state index is 4.97. The fourth-order valence-corrected chi connectivity index (χ4v) is 2.49. The van der Waals surface area contributed by atoms with Gasteiger partial charge in [0.25, 0.3) is 0 Å². The first kappa shape index (κ1) is 11.6. The molecule has 0 aromatic carbocycles. The van der Waals surface area contributed by atoms with Crippen molar-refractivity contribution in [3.05, 3.63) is 12.2 Å². The minimum absolute atomic E-state index is 0.659. The van der Waals surface area contributed by atoms with Crippen LogP contribution < -0.4 is 5.32 Å². The first-order chi connectivity index (χ1) is 7.75. The Kier molecular flexibility index (Phi) is 3.93. The molecule has 4 nitrogen and oxygen atoms in total. The molecule has 1 N–H and O–H groups in total. The number of nitrogens with zero attached hydrogens (tertiary/aromatic N) is 2. The zero-order valence-corrected chi connectivity index (χ0v) is 10.1. The monoisotopic (exact) mass is 223 g/mol. The van der Waals surface area contributed by atoms with Gasteiger partial charge in [-0.05, 0) is 24.7 Å². The van der Waals surface area contributed by atoms with E-state index in [1.165, 1.54) is 25.6 Å². The highest BCUT2D eigenvalue weighted by Crippen LogP contribution is 2.28. The summed E-state index contributed by atoms with van der Waals surface area (Å²) in [6.07, 6.45) is 6.31. The van der Waals surface area contributed by atoms with Crippen LogP contribution in [0.15, 0.2) is 10.9 Å². The van der Waals surface area contributed by atoms with Crippen molar-refractivity contribution in [2.45, 2.75) is 45.6 Å². The van der Waals surface area contributed by atoms with E-state index >= 15 is 0 Å². The van der Waals surface area contributed by atoms with Crippen LogP contribution in [0.25, 0.3) is 0 Å². The summed E-state index contributed by atoms with van der Waals surface area (Å²) < 4.78 is 4.97. The second-order valence-corrected chi connectivity index (χ2v) is 5.04. The lowest BCUT2D eigenvalue weighted by Crippen LogP contribution is -2.40. The van der Waals surface area contributed by atoms with Gasteiger partial charge in [-0.15, -0.1) is 0 Å². The molecule has 0 radical (unpaired) electrons. The molecule has 1 heterocycles. The lowest BCUT2D eigenvalue weighted by Gasteiger charge is -2.33. The van der Waals surface area contributed by atoms with E-state index in [2.05, 4.69) is 29.3 Å². The largest absolute Gasteiger partial charge is 0.340 e. The van der Waals surface area contributed by atoms with Crippen LogP contribution in [0, 0.1) is 11.8 Å². The Hall–Kier alpha value is -0.900. The molecule has 3 unspecified atom stereocenters. The van der Waals surface area contributed by atoms with E-state index in [0.29, 0.717) is 6.04 Å². The van der Waals surface area contributed by atoms with Crippen LogP contribution in [0.5, 0.6) is 0 Å². The van der Waals surface area contributed by atoms with Gasteiger partial charge < -0.3 is 9.84 Å². The third-order valence-corrected chi connectivity index (χ3v) is 3.61. The number of nitrogens with one attached hydrogen (secondary N) is 1. The van der Waals surface area contributed by atoms with Gasteiger partial charge in [-0.1, -0.05) is 25.4 Å². The van der Waals surface area contributed by atoms with Crippen molar-refractivity contribution in [1.29, 1.82) is 0 Å². The molecule has 0 aliphatic heterocycles. The van der Waals surface area contributed by atoms with Crippen molar-refractivity contribution < 1.29 is 4.52 Å². The number of hydrogen-bond donors (Lipinski definition) is 1. The van der Waals surface area contributed by atoms with Crippen molar-refractivity contribution in [2.24, 2.45) is 11.8 Å². The minimum Gasteiger partial charge on any atom is -0.340 e. The Morgan fingerprint density at radius 1 is 1.44 bits per heavy atom. The SMILES string of the molecule is CC1CCC(C)C(NCCc2ncno2)C1. The van der Waals surface area contributed by atoms with Crippen molar-refractivity contribution in [1.82, 2.24) is 15.5 Å². The maximum Gasteiger partial charge on any atom is 0.227 e. The standard InChI is InChI=1S/C12H21N3O/c1-9-3-4-10(2)11(7-9)13-6-5-12-14-8-15-16-12/h8-11,13H,3-7H2,1-2H3. The normalized spacial score (nSPS) is 30.5. The first-order valence-corrected chi connectivity index (χ1v) is 6.24. The van der Waals surface area contributed by atoms with E-state index in [0.717, 1.165) is 30.7 Å². The summed E-state index contributed by atoms with van der Waals surface area (Å²) in [6.45, 7) is 5.62. The zero-order chi connectivity index (χ0) is 11.4. The van der Waals surface area contributed by atoms with E-state index in [-0.39, 0.29) is 0 Å². The molecule has 2 rings (SSSR count). The average molecular weight is 223 g/mol. The fourth-order valence-electron chi connectivity index (χ4n) is 2.49. The number of rotatable bonds is 4. The summed E-state index contributed by atoms with van der Waals surface area (Å²) in [4.78, 5) is 4.02. The summed E-state index contributed by atoms with van der Waals surface area (Å²) in [5.74, 6) is 2.38. The highest BCUT2D eigenvalue weighted by atomic mass is 16.5. The van der Waals surface area contributed by atoms with Crippen LogP contribution in [-0.2, 0) is 6.42 Å². The van der Waals surface area contributed by atoms with E-state index in [1.54, 1.807) is 0 Å². The zero-order valence-electron chi connectivity index (χ0n) is 10.1. The first-order valence-electron chi connectivity index (χ1n) is 6.24. The molecular formula is C12H21N3O. The molecule has 90 valence electrons. The Labute approximate surface area is 96.8 Å². The van der Waals surface area contributed by atoms with E-state index < -0.39 is 0 Å². The van der Waals surface area contributed by atoms with E-state index in [1.807, 2.05) is 0 Å². The van der Waals surface area contributed by atoms with Crippen molar-refractivity contribution in [2.75, 3.05) is 6.54 Å². The molecular weight excluding hydrogens is 202 g/mol. The molecule has 0 amide bonds. The molecule has 3 atom stereocenters. The van der Waals surface area contributed by atoms with Crippen LogP contribution in [0.1, 0.15) is 39.0 Å². The van der Waals surface area contributed by atoms with Gasteiger partial charge in [0.2, 0.25) is 5.89 Å². The average Bonchev–Trinajstić information content (AvgIpc) is 2.76. The van der Waals surface area contributed by atoms with Crippen LogP contribution in [0.2, 0.25) is 0 Å². The summed E-state index contributed by atoms with van der Waals surface area (Å²) in [5, 5.41) is 7.21. The number of aromatic nitrogens is 2. The summed E-state index contributed by atoms with van der Waals surface area (Å²) in [5.41, 5.74) is 0. The van der Waals surface area contributed by atoms with Gasteiger partial charge in [0.1, 0.15) is 0 Å². The topological polar surface area (TPSA) is 51.0 Å². The Morgan fingerprint density at radius 2 is 2.31 bits per heavy atom. The maximum atomic E-state index is 4.97. The van der Waals surface area contributed by atoms with Crippen molar-refractivity contribution in [3.63, 3.8) is 0 Å².